The molecule has 106 valence electrons. The minimum atomic E-state index is 0.198. The number of rotatable bonds is 4. The summed E-state index contributed by atoms with van der Waals surface area (Å²) < 4.78 is 1.08. The van der Waals surface area contributed by atoms with E-state index in [1.807, 2.05) is 25.2 Å². The van der Waals surface area contributed by atoms with E-state index in [-0.39, 0.29) is 6.04 Å². The van der Waals surface area contributed by atoms with E-state index in [9.17, 15) is 0 Å². The van der Waals surface area contributed by atoms with Crippen LogP contribution in [-0.4, -0.2) is 7.05 Å². The predicted molar refractivity (Wildman–Crippen MR) is 90.8 cm³/mol. The third-order valence-corrected chi connectivity index (χ3v) is 4.49. The van der Waals surface area contributed by atoms with Gasteiger partial charge in [-0.25, -0.2) is 0 Å². The van der Waals surface area contributed by atoms with E-state index < -0.39 is 0 Å². The molecule has 0 saturated carbocycles. The summed E-state index contributed by atoms with van der Waals surface area (Å²) in [6.45, 7) is 2.12. The Hall–Kier alpha value is -0.540. The summed E-state index contributed by atoms with van der Waals surface area (Å²) in [5, 5.41) is 4.82. The summed E-state index contributed by atoms with van der Waals surface area (Å²) in [4.78, 5) is 0. The van der Waals surface area contributed by atoms with Crippen molar-refractivity contribution in [1.29, 1.82) is 0 Å². The molecule has 4 heteroatoms. The molecule has 0 aliphatic rings. The van der Waals surface area contributed by atoms with Crippen LogP contribution in [0.4, 0.5) is 0 Å². The molecule has 0 amide bonds. The van der Waals surface area contributed by atoms with Crippen LogP contribution in [0, 0.1) is 6.92 Å². The lowest BCUT2D eigenvalue weighted by Crippen LogP contribution is -2.20. The minimum absolute atomic E-state index is 0.198. The summed E-state index contributed by atoms with van der Waals surface area (Å²) in [5.74, 6) is 0. The average Bonchev–Trinajstić information content (AvgIpc) is 2.42. The Bertz CT molecular complexity index is 613. The SMILES string of the molecule is CNC(Cc1cc(Cl)ccc1Cl)c1cc(Br)ccc1C. The van der Waals surface area contributed by atoms with Gasteiger partial charge in [0.25, 0.3) is 0 Å². The van der Waals surface area contributed by atoms with Gasteiger partial charge in [0.2, 0.25) is 0 Å². The van der Waals surface area contributed by atoms with Crippen molar-refractivity contribution in [2.45, 2.75) is 19.4 Å². The molecule has 0 heterocycles. The van der Waals surface area contributed by atoms with Crippen molar-refractivity contribution >= 4 is 39.1 Å². The van der Waals surface area contributed by atoms with Crippen LogP contribution in [-0.2, 0) is 6.42 Å². The Morgan fingerprint density at radius 2 is 1.90 bits per heavy atom. The van der Waals surface area contributed by atoms with Crippen LogP contribution in [0.3, 0.4) is 0 Å². The molecular weight excluding hydrogens is 357 g/mol. The van der Waals surface area contributed by atoms with Gasteiger partial charge >= 0.3 is 0 Å². The second-order valence-electron chi connectivity index (χ2n) is 4.78. The highest BCUT2D eigenvalue weighted by molar-refractivity contribution is 9.10. The third kappa shape index (κ3) is 3.76. The largest absolute Gasteiger partial charge is 0.313 e. The summed E-state index contributed by atoms with van der Waals surface area (Å²) >= 11 is 15.8. The van der Waals surface area contributed by atoms with Crippen LogP contribution < -0.4 is 5.32 Å². The smallest absolute Gasteiger partial charge is 0.0439 e. The molecule has 2 aromatic rings. The molecule has 0 fully saturated rings. The lowest BCUT2D eigenvalue weighted by molar-refractivity contribution is 0.589. The molecule has 1 nitrogen and oxygen atoms in total. The highest BCUT2D eigenvalue weighted by Crippen LogP contribution is 2.29. The normalized spacial score (nSPS) is 12.4. The van der Waals surface area contributed by atoms with Crippen molar-refractivity contribution in [3.8, 4) is 0 Å². The zero-order valence-corrected chi connectivity index (χ0v) is 14.5. The van der Waals surface area contributed by atoms with Crippen molar-refractivity contribution in [3.05, 3.63) is 67.6 Å². The van der Waals surface area contributed by atoms with Crippen molar-refractivity contribution in [3.63, 3.8) is 0 Å². The number of aryl methyl sites for hydroxylation is 1. The maximum atomic E-state index is 6.26. The van der Waals surface area contributed by atoms with Crippen molar-refractivity contribution in [2.24, 2.45) is 0 Å². The fourth-order valence-corrected chi connectivity index (χ4v) is 3.04. The van der Waals surface area contributed by atoms with E-state index in [0.29, 0.717) is 5.02 Å². The maximum Gasteiger partial charge on any atom is 0.0439 e. The van der Waals surface area contributed by atoms with Crippen LogP contribution in [0.1, 0.15) is 22.7 Å². The Labute approximate surface area is 138 Å². The highest BCUT2D eigenvalue weighted by Gasteiger charge is 2.15. The van der Waals surface area contributed by atoms with E-state index in [1.54, 1.807) is 0 Å². The minimum Gasteiger partial charge on any atom is -0.313 e. The Morgan fingerprint density at radius 3 is 2.60 bits per heavy atom. The highest BCUT2D eigenvalue weighted by atomic mass is 79.9. The van der Waals surface area contributed by atoms with E-state index in [1.165, 1.54) is 11.1 Å². The second-order valence-corrected chi connectivity index (χ2v) is 6.54. The molecule has 1 atom stereocenters. The average molecular weight is 373 g/mol. The molecule has 0 saturated heterocycles. The van der Waals surface area contributed by atoms with Gasteiger partial charge in [-0.1, -0.05) is 45.2 Å². The zero-order chi connectivity index (χ0) is 14.7. The zero-order valence-electron chi connectivity index (χ0n) is 11.4. The Morgan fingerprint density at radius 1 is 1.15 bits per heavy atom. The molecule has 0 radical (unpaired) electrons. The van der Waals surface area contributed by atoms with Crippen LogP contribution in [0.15, 0.2) is 40.9 Å². The molecule has 0 bridgehead atoms. The van der Waals surface area contributed by atoms with Crippen molar-refractivity contribution < 1.29 is 0 Å². The molecule has 0 aliphatic heterocycles. The summed E-state index contributed by atoms with van der Waals surface area (Å²) in [6, 6.07) is 12.1. The van der Waals surface area contributed by atoms with E-state index in [2.05, 4.69) is 46.4 Å². The first-order valence-electron chi connectivity index (χ1n) is 6.38. The standard InChI is InChI=1S/C16H16BrCl2N/c1-10-3-4-12(17)9-14(10)16(20-2)8-11-7-13(18)5-6-15(11)19/h3-7,9,16,20H,8H2,1-2H3. The van der Waals surface area contributed by atoms with Gasteiger partial charge in [0.15, 0.2) is 0 Å². The number of likely N-dealkylation sites (N-methyl/N-ethyl adjacent to an activating group) is 1. The molecule has 0 spiro atoms. The number of hydrogen-bond donors (Lipinski definition) is 1. The molecule has 1 unspecified atom stereocenters. The van der Waals surface area contributed by atoms with Gasteiger partial charge in [-0.05, 0) is 67.4 Å². The molecule has 0 aliphatic carbocycles. The van der Waals surface area contributed by atoms with Gasteiger partial charge in [0, 0.05) is 20.6 Å². The third-order valence-electron chi connectivity index (χ3n) is 3.40. The first-order valence-corrected chi connectivity index (χ1v) is 7.93. The number of halogens is 3. The predicted octanol–water partition coefficient (Wildman–Crippen LogP) is 5.57. The van der Waals surface area contributed by atoms with Gasteiger partial charge in [-0.3, -0.25) is 0 Å². The van der Waals surface area contributed by atoms with Crippen molar-refractivity contribution in [2.75, 3.05) is 7.05 Å². The summed E-state index contributed by atoms with van der Waals surface area (Å²) in [6.07, 6.45) is 0.799. The van der Waals surface area contributed by atoms with E-state index >= 15 is 0 Å². The molecule has 1 N–H and O–H groups in total. The number of hydrogen-bond acceptors (Lipinski definition) is 1. The molecule has 20 heavy (non-hydrogen) atoms. The van der Waals surface area contributed by atoms with E-state index in [4.69, 9.17) is 23.2 Å². The quantitative estimate of drug-likeness (QED) is 0.739. The Kier molecular flexibility index (Phi) is 5.50. The Balaban J connectivity index is 2.33. The van der Waals surface area contributed by atoms with Gasteiger partial charge in [-0.2, -0.15) is 0 Å². The lowest BCUT2D eigenvalue weighted by atomic mass is 9.95. The van der Waals surface area contributed by atoms with Gasteiger partial charge in [0.1, 0.15) is 0 Å². The lowest BCUT2D eigenvalue weighted by Gasteiger charge is -2.20. The molecular formula is C16H16BrCl2N. The molecule has 0 aromatic heterocycles. The first kappa shape index (κ1) is 15.8. The van der Waals surface area contributed by atoms with Crippen molar-refractivity contribution in [1.82, 2.24) is 5.32 Å². The summed E-state index contributed by atoms with van der Waals surface area (Å²) in [7, 11) is 1.96. The fourth-order valence-electron chi connectivity index (χ4n) is 2.27. The van der Waals surface area contributed by atoms with E-state index in [0.717, 1.165) is 21.5 Å². The van der Waals surface area contributed by atoms with Gasteiger partial charge in [0.05, 0.1) is 0 Å². The van der Waals surface area contributed by atoms with Gasteiger partial charge < -0.3 is 5.32 Å². The van der Waals surface area contributed by atoms with Crippen LogP contribution in [0.25, 0.3) is 0 Å². The topological polar surface area (TPSA) is 12.0 Å². The number of benzene rings is 2. The van der Waals surface area contributed by atoms with Crippen LogP contribution in [0.5, 0.6) is 0 Å². The van der Waals surface area contributed by atoms with Gasteiger partial charge in [-0.15, -0.1) is 0 Å². The first-order chi connectivity index (χ1) is 9.51. The fraction of sp³-hybridized carbons (Fsp3) is 0.250. The summed E-state index contributed by atoms with van der Waals surface area (Å²) in [5.41, 5.74) is 3.57. The number of nitrogens with one attached hydrogen (secondary N) is 1. The molecule has 2 rings (SSSR count). The van der Waals surface area contributed by atoms with Crippen LogP contribution in [0.2, 0.25) is 10.0 Å². The maximum absolute atomic E-state index is 6.26. The van der Waals surface area contributed by atoms with Crippen LogP contribution >= 0.6 is 39.1 Å². The molecule has 2 aromatic carbocycles. The monoisotopic (exact) mass is 371 g/mol. The second kappa shape index (κ2) is 6.95.